The Kier molecular flexibility index (Phi) is 3.67. The number of hydrogen-bond donors (Lipinski definition) is 2. The number of carbonyl (C=O) groups is 1. The Morgan fingerprint density at radius 2 is 1.83 bits per heavy atom. The van der Waals surface area contributed by atoms with Crippen molar-refractivity contribution in [3.8, 4) is 0 Å². The Balaban J connectivity index is 2.30. The molecule has 92 valence electrons. The van der Waals surface area contributed by atoms with E-state index in [1.165, 1.54) is 0 Å². The van der Waals surface area contributed by atoms with Gasteiger partial charge in [0.15, 0.2) is 0 Å². The van der Waals surface area contributed by atoms with Crippen molar-refractivity contribution in [1.82, 2.24) is 0 Å². The van der Waals surface area contributed by atoms with Gasteiger partial charge in [0.25, 0.3) is 0 Å². The SMILES string of the molecule is Cc1ccc(C(=O)O)cc1Nc1ccc(Br)cc1. The van der Waals surface area contributed by atoms with Crippen molar-refractivity contribution in [2.45, 2.75) is 6.92 Å². The van der Waals surface area contributed by atoms with Gasteiger partial charge in [0, 0.05) is 15.8 Å². The van der Waals surface area contributed by atoms with Crippen LogP contribution in [-0.4, -0.2) is 11.1 Å². The second kappa shape index (κ2) is 5.23. The molecular weight excluding hydrogens is 294 g/mol. The molecule has 4 heteroatoms. The number of aryl methyl sites for hydroxylation is 1. The van der Waals surface area contributed by atoms with E-state index in [1.807, 2.05) is 31.2 Å². The highest BCUT2D eigenvalue weighted by Gasteiger charge is 2.06. The van der Waals surface area contributed by atoms with Crippen molar-refractivity contribution in [3.05, 3.63) is 58.1 Å². The Bertz CT molecular complexity index is 579. The first-order valence-electron chi connectivity index (χ1n) is 5.43. The maximum absolute atomic E-state index is 10.9. The van der Waals surface area contributed by atoms with Gasteiger partial charge in [-0.05, 0) is 48.9 Å². The summed E-state index contributed by atoms with van der Waals surface area (Å²) >= 11 is 3.37. The average Bonchev–Trinajstić information content (AvgIpc) is 2.34. The number of anilines is 2. The molecule has 0 aliphatic heterocycles. The minimum Gasteiger partial charge on any atom is -0.478 e. The molecule has 0 fully saturated rings. The van der Waals surface area contributed by atoms with Crippen LogP contribution in [0.2, 0.25) is 0 Å². The normalized spacial score (nSPS) is 10.1. The molecule has 0 radical (unpaired) electrons. The average molecular weight is 306 g/mol. The van der Waals surface area contributed by atoms with E-state index in [0.29, 0.717) is 0 Å². The number of carboxylic acids is 1. The van der Waals surface area contributed by atoms with Gasteiger partial charge < -0.3 is 10.4 Å². The summed E-state index contributed by atoms with van der Waals surface area (Å²) in [6.45, 7) is 1.94. The van der Waals surface area contributed by atoms with Gasteiger partial charge in [0.1, 0.15) is 0 Å². The summed E-state index contributed by atoms with van der Waals surface area (Å²) in [6.07, 6.45) is 0. The first kappa shape index (κ1) is 12.6. The molecule has 18 heavy (non-hydrogen) atoms. The zero-order valence-electron chi connectivity index (χ0n) is 9.77. The minimum absolute atomic E-state index is 0.278. The zero-order valence-corrected chi connectivity index (χ0v) is 11.4. The molecule has 0 saturated carbocycles. The molecule has 0 bridgehead atoms. The van der Waals surface area contributed by atoms with Gasteiger partial charge in [-0.25, -0.2) is 4.79 Å². The maximum Gasteiger partial charge on any atom is 0.335 e. The second-order valence-electron chi connectivity index (χ2n) is 3.97. The zero-order chi connectivity index (χ0) is 13.1. The molecule has 0 unspecified atom stereocenters. The fraction of sp³-hybridized carbons (Fsp3) is 0.0714. The van der Waals surface area contributed by atoms with Crippen LogP contribution >= 0.6 is 15.9 Å². The van der Waals surface area contributed by atoms with Crippen molar-refractivity contribution in [1.29, 1.82) is 0 Å². The number of carboxylic acid groups (broad SMARTS) is 1. The molecule has 0 aliphatic rings. The lowest BCUT2D eigenvalue weighted by molar-refractivity contribution is 0.0697. The van der Waals surface area contributed by atoms with Crippen LogP contribution in [0.3, 0.4) is 0 Å². The van der Waals surface area contributed by atoms with E-state index in [4.69, 9.17) is 5.11 Å². The van der Waals surface area contributed by atoms with Gasteiger partial charge in [-0.2, -0.15) is 0 Å². The molecule has 0 spiro atoms. The molecule has 2 aromatic rings. The Morgan fingerprint density at radius 1 is 1.17 bits per heavy atom. The van der Waals surface area contributed by atoms with Crippen LogP contribution in [0.4, 0.5) is 11.4 Å². The summed E-state index contributed by atoms with van der Waals surface area (Å²) in [6, 6.07) is 12.8. The van der Waals surface area contributed by atoms with E-state index in [-0.39, 0.29) is 5.56 Å². The number of benzene rings is 2. The summed E-state index contributed by atoms with van der Waals surface area (Å²) in [7, 11) is 0. The molecule has 2 aromatic carbocycles. The van der Waals surface area contributed by atoms with Crippen LogP contribution < -0.4 is 5.32 Å². The van der Waals surface area contributed by atoms with Gasteiger partial charge in [0.2, 0.25) is 0 Å². The quantitative estimate of drug-likeness (QED) is 0.893. The summed E-state index contributed by atoms with van der Waals surface area (Å²) in [5.74, 6) is -0.922. The summed E-state index contributed by atoms with van der Waals surface area (Å²) < 4.78 is 1.00. The first-order valence-corrected chi connectivity index (χ1v) is 6.22. The molecule has 0 amide bonds. The van der Waals surface area contributed by atoms with Crippen molar-refractivity contribution in [2.24, 2.45) is 0 Å². The molecule has 2 N–H and O–H groups in total. The fourth-order valence-electron chi connectivity index (χ4n) is 1.58. The highest BCUT2D eigenvalue weighted by Crippen LogP contribution is 2.23. The third kappa shape index (κ3) is 2.90. The topological polar surface area (TPSA) is 49.3 Å². The van der Waals surface area contributed by atoms with Crippen LogP contribution in [0.5, 0.6) is 0 Å². The van der Waals surface area contributed by atoms with E-state index in [0.717, 1.165) is 21.4 Å². The lowest BCUT2D eigenvalue weighted by Gasteiger charge is -2.10. The van der Waals surface area contributed by atoms with Crippen LogP contribution in [0.1, 0.15) is 15.9 Å². The van der Waals surface area contributed by atoms with Crippen molar-refractivity contribution < 1.29 is 9.90 Å². The summed E-state index contributed by atoms with van der Waals surface area (Å²) in [4.78, 5) is 10.9. The Morgan fingerprint density at radius 3 is 2.44 bits per heavy atom. The highest BCUT2D eigenvalue weighted by atomic mass is 79.9. The van der Waals surface area contributed by atoms with E-state index >= 15 is 0 Å². The predicted octanol–water partition coefficient (Wildman–Crippen LogP) is 4.20. The summed E-state index contributed by atoms with van der Waals surface area (Å²) in [5, 5.41) is 12.2. The van der Waals surface area contributed by atoms with Crippen LogP contribution in [0.15, 0.2) is 46.9 Å². The third-order valence-corrected chi connectivity index (χ3v) is 3.14. The number of hydrogen-bond acceptors (Lipinski definition) is 2. The Labute approximate surface area is 114 Å². The highest BCUT2D eigenvalue weighted by molar-refractivity contribution is 9.10. The van der Waals surface area contributed by atoms with Crippen LogP contribution in [0, 0.1) is 6.92 Å². The van der Waals surface area contributed by atoms with Crippen molar-refractivity contribution >= 4 is 33.3 Å². The molecular formula is C14H12BrNO2. The largest absolute Gasteiger partial charge is 0.478 e. The van der Waals surface area contributed by atoms with Crippen molar-refractivity contribution in [3.63, 3.8) is 0 Å². The van der Waals surface area contributed by atoms with E-state index < -0.39 is 5.97 Å². The first-order chi connectivity index (χ1) is 8.56. The van der Waals surface area contributed by atoms with Crippen LogP contribution in [0.25, 0.3) is 0 Å². The monoisotopic (exact) mass is 305 g/mol. The van der Waals surface area contributed by atoms with Gasteiger partial charge in [0.05, 0.1) is 5.56 Å². The van der Waals surface area contributed by atoms with Crippen LogP contribution in [-0.2, 0) is 0 Å². The minimum atomic E-state index is -0.922. The van der Waals surface area contributed by atoms with E-state index in [2.05, 4.69) is 21.2 Å². The number of rotatable bonds is 3. The lowest BCUT2D eigenvalue weighted by atomic mass is 10.1. The molecule has 0 saturated heterocycles. The molecule has 0 atom stereocenters. The Hall–Kier alpha value is -1.81. The summed E-state index contributed by atoms with van der Waals surface area (Å²) in [5.41, 5.74) is 3.00. The second-order valence-corrected chi connectivity index (χ2v) is 4.88. The number of halogens is 1. The van der Waals surface area contributed by atoms with Crippen molar-refractivity contribution in [2.75, 3.05) is 5.32 Å². The third-order valence-electron chi connectivity index (χ3n) is 2.61. The van der Waals surface area contributed by atoms with E-state index in [9.17, 15) is 4.79 Å². The molecule has 0 aromatic heterocycles. The predicted molar refractivity (Wildman–Crippen MR) is 75.6 cm³/mol. The fourth-order valence-corrected chi connectivity index (χ4v) is 1.84. The maximum atomic E-state index is 10.9. The standard InChI is InChI=1S/C14H12BrNO2/c1-9-2-3-10(14(17)18)8-13(9)16-12-6-4-11(15)5-7-12/h2-8,16H,1H3,(H,17,18). The van der Waals surface area contributed by atoms with Gasteiger partial charge >= 0.3 is 5.97 Å². The van der Waals surface area contributed by atoms with E-state index in [1.54, 1.807) is 18.2 Å². The van der Waals surface area contributed by atoms with Gasteiger partial charge in [-0.3, -0.25) is 0 Å². The lowest BCUT2D eigenvalue weighted by Crippen LogP contribution is -1.99. The number of aromatic carboxylic acids is 1. The van der Waals surface area contributed by atoms with Gasteiger partial charge in [-0.15, -0.1) is 0 Å². The smallest absolute Gasteiger partial charge is 0.335 e. The molecule has 0 heterocycles. The number of nitrogens with one attached hydrogen (secondary N) is 1. The molecule has 0 aliphatic carbocycles. The molecule has 2 rings (SSSR count). The van der Waals surface area contributed by atoms with Gasteiger partial charge in [-0.1, -0.05) is 22.0 Å². The molecule has 3 nitrogen and oxygen atoms in total.